The fourth-order valence-electron chi connectivity index (χ4n) is 2.60. The molecule has 0 atom stereocenters. The van der Waals surface area contributed by atoms with Crippen molar-refractivity contribution in [3.8, 4) is 0 Å². The number of rotatable bonds is 6. The van der Waals surface area contributed by atoms with Crippen LogP contribution in [0.15, 0.2) is 0 Å². The molecular formula is C13H28N2. The quantitative estimate of drug-likeness (QED) is 0.668. The van der Waals surface area contributed by atoms with Crippen molar-refractivity contribution >= 4 is 0 Å². The molecule has 2 nitrogen and oxygen atoms in total. The van der Waals surface area contributed by atoms with E-state index in [1.807, 2.05) is 0 Å². The third kappa shape index (κ3) is 4.52. The molecule has 0 N–H and O–H groups in total. The summed E-state index contributed by atoms with van der Waals surface area (Å²) in [6, 6.07) is 1.37. The largest absolute Gasteiger partial charge is 0.303 e. The Morgan fingerprint density at radius 3 is 2.00 bits per heavy atom. The zero-order valence-electron chi connectivity index (χ0n) is 11.0. The Morgan fingerprint density at radius 2 is 1.53 bits per heavy atom. The first-order chi connectivity index (χ1) is 7.11. The maximum absolute atomic E-state index is 2.61. The van der Waals surface area contributed by atoms with Gasteiger partial charge in [-0.2, -0.15) is 0 Å². The molecular weight excluding hydrogens is 184 g/mol. The van der Waals surface area contributed by atoms with Crippen molar-refractivity contribution in [3.63, 3.8) is 0 Å². The van der Waals surface area contributed by atoms with Crippen molar-refractivity contribution in [1.82, 2.24) is 9.80 Å². The smallest absolute Gasteiger partial charge is 0.00413 e. The minimum atomic E-state index is 0.684. The number of nitrogens with zero attached hydrogens (tertiary/aromatic N) is 2. The summed E-state index contributed by atoms with van der Waals surface area (Å²) in [6.07, 6.45) is 4.16. The molecule has 0 bridgehead atoms. The SMILES string of the molecule is CC(C)N(CCCN1CCCC1)C(C)C. The molecule has 0 unspecified atom stereocenters. The van der Waals surface area contributed by atoms with Gasteiger partial charge in [-0.1, -0.05) is 0 Å². The van der Waals surface area contributed by atoms with E-state index in [0.29, 0.717) is 12.1 Å². The van der Waals surface area contributed by atoms with Gasteiger partial charge in [0, 0.05) is 12.1 Å². The summed E-state index contributed by atoms with van der Waals surface area (Å²) < 4.78 is 0. The van der Waals surface area contributed by atoms with Crippen LogP contribution in [0, 0.1) is 0 Å². The molecule has 0 spiro atoms. The summed E-state index contributed by atoms with van der Waals surface area (Å²) in [6.45, 7) is 14.4. The van der Waals surface area contributed by atoms with Crippen LogP contribution in [0.1, 0.15) is 47.0 Å². The maximum Gasteiger partial charge on any atom is 0.00413 e. The lowest BCUT2D eigenvalue weighted by molar-refractivity contribution is 0.164. The fraction of sp³-hybridized carbons (Fsp3) is 1.00. The number of likely N-dealkylation sites (tertiary alicyclic amines) is 1. The predicted octanol–water partition coefficient (Wildman–Crippen LogP) is 2.59. The topological polar surface area (TPSA) is 6.48 Å². The second-order valence-electron chi connectivity index (χ2n) is 5.33. The Morgan fingerprint density at radius 1 is 1.00 bits per heavy atom. The van der Waals surface area contributed by atoms with E-state index in [2.05, 4.69) is 37.5 Å². The molecule has 90 valence electrons. The molecule has 0 amide bonds. The molecule has 0 aromatic carbocycles. The molecule has 0 radical (unpaired) electrons. The van der Waals surface area contributed by atoms with Gasteiger partial charge >= 0.3 is 0 Å². The normalized spacial score (nSPS) is 18.6. The van der Waals surface area contributed by atoms with Crippen molar-refractivity contribution in [2.75, 3.05) is 26.2 Å². The van der Waals surface area contributed by atoms with E-state index in [1.165, 1.54) is 45.4 Å². The molecule has 1 aliphatic rings. The highest BCUT2D eigenvalue weighted by atomic mass is 15.2. The molecule has 1 saturated heterocycles. The average Bonchev–Trinajstić information content (AvgIpc) is 2.63. The van der Waals surface area contributed by atoms with Crippen molar-refractivity contribution in [1.29, 1.82) is 0 Å². The minimum Gasteiger partial charge on any atom is -0.303 e. The molecule has 1 aliphatic heterocycles. The van der Waals surface area contributed by atoms with Gasteiger partial charge in [-0.3, -0.25) is 4.90 Å². The Kier molecular flexibility index (Phi) is 5.62. The Labute approximate surface area is 95.6 Å². The minimum absolute atomic E-state index is 0.684. The van der Waals surface area contributed by atoms with Crippen molar-refractivity contribution in [2.24, 2.45) is 0 Å². The molecule has 0 aliphatic carbocycles. The predicted molar refractivity (Wildman–Crippen MR) is 67.3 cm³/mol. The van der Waals surface area contributed by atoms with Gasteiger partial charge < -0.3 is 4.90 Å². The van der Waals surface area contributed by atoms with Crippen LogP contribution in [0.4, 0.5) is 0 Å². The van der Waals surface area contributed by atoms with Crippen LogP contribution in [-0.2, 0) is 0 Å². The Balaban J connectivity index is 2.15. The Hall–Kier alpha value is -0.0800. The molecule has 1 fully saturated rings. The van der Waals surface area contributed by atoms with Crippen molar-refractivity contribution in [2.45, 2.75) is 59.0 Å². The van der Waals surface area contributed by atoms with Gasteiger partial charge in [0.1, 0.15) is 0 Å². The van der Waals surface area contributed by atoms with Crippen LogP contribution in [-0.4, -0.2) is 48.1 Å². The van der Waals surface area contributed by atoms with Crippen LogP contribution in [0.2, 0.25) is 0 Å². The van der Waals surface area contributed by atoms with Gasteiger partial charge in [0.05, 0.1) is 0 Å². The van der Waals surface area contributed by atoms with Gasteiger partial charge in [-0.15, -0.1) is 0 Å². The highest BCUT2D eigenvalue weighted by Gasteiger charge is 2.14. The van der Waals surface area contributed by atoms with Crippen LogP contribution < -0.4 is 0 Å². The lowest BCUT2D eigenvalue weighted by Gasteiger charge is -2.31. The van der Waals surface area contributed by atoms with E-state index >= 15 is 0 Å². The van der Waals surface area contributed by atoms with E-state index in [4.69, 9.17) is 0 Å². The molecule has 2 heteroatoms. The van der Waals surface area contributed by atoms with Crippen molar-refractivity contribution < 1.29 is 0 Å². The summed E-state index contributed by atoms with van der Waals surface area (Å²) in [5.41, 5.74) is 0. The van der Waals surface area contributed by atoms with Crippen LogP contribution in [0.25, 0.3) is 0 Å². The van der Waals surface area contributed by atoms with Gasteiger partial charge in [0.25, 0.3) is 0 Å². The van der Waals surface area contributed by atoms with E-state index < -0.39 is 0 Å². The van der Waals surface area contributed by atoms with Gasteiger partial charge in [0.2, 0.25) is 0 Å². The second kappa shape index (κ2) is 6.49. The van der Waals surface area contributed by atoms with Crippen molar-refractivity contribution in [3.05, 3.63) is 0 Å². The molecule has 0 aromatic heterocycles. The summed E-state index contributed by atoms with van der Waals surface area (Å²) in [5.74, 6) is 0. The van der Waals surface area contributed by atoms with Gasteiger partial charge in [-0.05, 0) is 73.1 Å². The standard InChI is InChI=1S/C13H28N2/c1-12(2)15(13(3)4)11-7-10-14-8-5-6-9-14/h12-13H,5-11H2,1-4H3. The summed E-state index contributed by atoms with van der Waals surface area (Å²) >= 11 is 0. The van der Waals surface area contributed by atoms with Crippen LogP contribution in [0.5, 0.6) is 0 Å². The summed E-state index contributed by atoms with van der Waals surface area (Å²) in [5, 5.41) is 0. The molecule has 15 heavy (non-hydrogen) atoms. The van der Waals surface area contributed by atoms with Gasteiger partial charge in [0.15, 0.2) is 0 Å². The highest BCUT2D eigenvalue weighted by Crippen LogP contribution is 2.10. The van der Waals surface area contributed by atoms with E-state index in [9.17, 15) is 0 Å². The fourth-order valence-corrected chi connectivity index (χ4v) is 2.60. The monoisotopic (exact) mass is 212 g/mol. The maximum atomic E-state index is 2.61. The van der Waals surface area contributed by atoms with E-state index in [1.54, 1.807) is 0 Å². The average molecular weight is 212 g/mol. The van der Waals surface area contributed by atoms with Crippen LogP contribution >= 0.6 is 0 Å². The number of hydrogen-bond acceptors (Lipinski definition) is 2. The third-order valence-electron chi connectivity index (χ3n) is 3.42. The zero-order valence-corrected chi connectivity index (χ0v) is 11.0. The molecule has 0 aromatic rings. The van der Waals surface area contributed by atoms with E-state index in [-0.39, 0.29) is 0 Å². The Bertz CT molecular complexity index is 152. The molecule has 0 saturated carbocycles. The first-order valence-electron chi connectivity index (χ1n) is 6.59. The first-order valence-corrected chi connectivity index (χ1v) is 6.59. The lowest BCUT2D eigenvalue weighted by atomic mass is 10.2. The number of hydrogen-bond donors (Lipinski definition) is 0. The highest BCUT2D eigenvalue weighted by molar-refractivity contribution is 4.70. The summed E-state index contributed by atoms with van der Waals surface area (Å²) in [4.78, 5) is 5.20. The van der Waals surface area contributed by atoms with Crippen LogP contribution in [0.3, 0.4) is 0 Å². The lowest BCUT2D eigenvalue weighted by Crippen LogP contribution is -2.38. The van der Waals surface area contributed by atoms with E-state index in [0.717, 1.165) is 0 Å². The van der Waals surface area contributed by atoms with Gasteiger partial charge in [-0.25, -0.2) is 0 Å². The zero-order chi connectivity index (χ0) is 11.3. The third-order valence-corrected chi connectivity index (χ3v) is 3.42. The first kappa shape index (κ1) is 13.0. The molecule has 1 rings (SSSR count). The molecule has 1 heterocycles. The second-order valence-corrected chi connectivity index (χ2v) is 5.33. The summed E-state index contributed by atoms with van der Waals surface area (Å²) in [7, 11) is 0.